The van der Waals surface area contributed by atoms with Gasteiger partial charge in [0.2, 0.25) is 5.91 Å². The smallest absolute Gasteiger partial charge is 0.307 e. The second kappa shape index (κ2) is 5.08. The van der Waals surface area contributed by atoms with Crippen LogP contribution < -0.4 is 10.1 Å². The number of ether oxygens (including phenoxy) is 1. The molecule has 96 valence electrons. The number of hydrogen-bond acceptors (Lipinski definition) is 3. The van der Waals surface area contributed by atoms with Gasteiger partial charge in [0.05, 0.1) is 13.0 Å². The maximum atomic E-state index is 11.3. The predicted octanol–water partition coefficient (Wildman–Crippen LogP) is 0.999. The minimum Gasteiger partial charge on any atom is -0.497 e. The van der Waals surface area contributed by atoms with Crippen molar-refractivity contribution in [3.8, 4) is 5.75 Å². The minimum absolute atomic E-state index is 0.0250. The van der Waals surface area contributed by atoms with E-state index in [1.54, 1.807) is 13.2 Å². The lowest BCUT2D eigenvalue weighted by Gasteiger charge is -2.29. The average molecular weight is 249 g/mol. The van der Waals surface area contributed by atoms with Crippen LogP contribution in [0.4, 0.5) is 0 Å². The van der Waals surface area contributed by atoms with Crippen molar-refractivity contribution in [2.24, 2.45) is 5.92 Å². The molecule has 1 heterocycles. The normalized spacial score (nSPS) is 23.3. The van der Waals surface area contributed by atoms with Crippen molar-refractivity contribution in [2.75, 3.05) is 13.7 Å². The lowest BCUT2D eigenvalue weighted by atomic mass is 9.81. The zero-order chi connectivity index (χ0) is 13.1. The van der Waals surface area contributed by atoms with Crippen molar-refractivity contribution in [3.05, 3.63) is 29.8 Å². The molecule has 2 unspecified atom stereocenters. The van der Waals surface area contributed by atoms with Crippen LogP contribution in [-0.2, 0) is 9.59 Å². The fourth-order valence-corrected chi connectivity index (χ4v) is 2.26. The molecule has 1 amide bonds. The Morgan fingerprint density at radius 3 is 2.94 bits per heavy atom. The topological polar surface area (TPSA) is 75.6 Å². The Morgan fingerprint density at radius 1 is 1.50 bits per heavy atom. The molecule has 0 aliphatic carbocycles. The van der Waals surface area contributed by atoms with E-state index in [-0.39, 0.29) is 18.2 Å². The van der Waals surface area contributed by atoms with E-state index >= 15 is 0 Å². The fourth-order valence-electron chi connectivity index (χ4n) is 2.26. The number of methoxy groups -OCH3 is 1. The zero-order valence-corrected chi connectivity index (χ0v) is 10.1. The molecule has 1 aliphatic rings. The van der Waals surface area contributed by atoms with Gasteiger partial charge in [0.25, 0.3) is 0 Å². The van der Waals surface area contributed by atoms with Crippen molar-refractivity contribution in [1.82, 2.24) is 5.32 Å². The minimum atomic E-state index is -0.933. The monoisotopic (exact) mass is 249 g/mol. The highest BCUT2D eigenvalue weighted by molar-refractivity contribution is 5.84. The largest absolute Gasteiger partial charge is 0.497 e. The van der Waals surface area contributed by atoms with Gasteiger partial charge in [-0.1, -0.05) is 12.1 Å². The van der Waals surface area contributed by atoms with Crippen LogP contribution in [0, 0.1) is 5.92 Å². The lowest BCUT2D eigenvalue weighted by molar-refractivity contribution is -0.146. The molecule has 1 aliphatic heterocycles. The van der Waals surface area contributed by atoms with Crippen molar-refractivity contribution < 1.29 is 19.4 Å². The van der Waals surface area contributed by atoms with Gasteiger partial charge in [0.1, 0.15) is 5.75 Å². The lowest BCUT2D eigenvalue weighted by Crippen LogP contribution is -2.42. The Labute approximate surface area is 105 Å². The molecule has 1 saturated heterocycles. The fraction of sp³-hybridized carbons (Fsp3) is 0.385. The van der Waals surface area contributed by atoms with E-state index in [0.717, 1.165) is 5.56 Å². The molecule has 2 N–H and O–H groups in total. The Kier molecular flexibility index (Phi) is 3.50. The summed E-state index contributed by atoms with van der Waals surface area (Å²) in [6, 6.07) is 7.31. The highest BCUT2D eigenvalue weighted by atomic mass is 16.5. The quantitative estimate of drug-likeness (QED) is 0.838. The molecule has 2 atom stereocenters. The van der Waals surface area contributed by atoms with Gasteiger partial charge in [-0.2, -0.15) is 0 Å². The summed E-state index contributed by atoms with van der Waals surface area (Å²) in [5.74, 6) is -1.34. The van der Waals surface area contributed by atoms with Crippen molar-refractivity contribution in [3.63, 3.8) is 0 Å². The number of piperidine rings is 1. The summed E-state index contributed by atoms with van der Waals surface area (Å²) >= 11 is 0. The number of carboxylic acids is 1. The summed E-state index contributed by atoms with van der Waals surface area (Å²) in [6.07, 6.45) is 0.0250. The van der Waals surface area contributed by atoms with Gasteiger partial charge in [0.15, 0.2) is 0 Å². The Balaban J connectivity index is 2.28. The Morgan fingerprint density at radius 2 is 2.28 bits per heavy atom. The summed E-state index contributed by atoms with van der Waals surface area (Å²) in [7, 11) is 1.57. The molecule has 0 radical (unpaired) electrons. The molecule has 1 aromatic rings. The molecule has 0 saturated carbocycles. The molecule has 1 fully saturated rings. The molecule has 5 heteroatoms. The first kappa shape index (κ1) is 12.4. The molecular weight excluding hydrogens is 234 g/mol. The number of amides is 1. The number of carboxylic acid groups (broad SMARTS) is 1. The predicted molar refractivity (Wildman–Crippen MR) is 64.5 cm³/mol. The third-order valence-electron chi connectivity index (χ3n) is 3.25. The highest BCUT2D eigenvalue weighted by Gasteiger charge is 2.35. The van der Waals surface area contributed by atoms with Gasteiger partial charge in [-0.25, -0.2) is 0 Å². The van der Waals surface area contributed by atoms with Crippen molar-refractivity contribution >= 4 is 11.9 Å². The first-order valence-corrected chi connectivity index (χ1v) is 5.75. The summed E-state index contributed by atoms with van der Waals surface area (Å²) in [5.41, 5.74) is 0.877. The Bertz CT molecular complexity index is 472. The summed E-state index contributed by atoms with van der Waals surface area (Å²) in [5, 5.41) is 11.9. The molecular formula is C13H15NO4. The summed E-state index contributed by atoms with van der Waals surface area (Å²) in [6.45, 7) is 0.350. The second-order valence-corrected chi connectivity index (χ2v) is 4.34. The van der Waals surface area contributed by atoms with Crippen LogP contribution in [0.15, 0.2) is 24.3 Å². The molecule has 0 spiro atoms. The SMILES string of the molecule is COc1cccc(C2CNC(=O)CC2C(=O)O)c1. The molecule has 18 heavy (non-hydrogen) atoms. The van der Waals surface area contributed by atoms with Crippen molar-refractivity contribution in [2.45, 2.75) is 12.3 Å². The van der Waals surface area contributed by atoms with E-state index in [9.17, 15) is 14.7 Å². The van der Waals surface area contributed by atoms with Crippen LogP contribution in [0.2, 0.25) is 0 Å². The van der Waals surface area contributed by atoms with Crippen LogP contribution in [0.3, 0.4) is 0 Å². The van der Waals surface area contributed by atoms with Crippen LogP contribution in [0.1, 0.15) is 17.9 Å². The maximum Gasteiger partial charge on any atom is 0.307 e. The van der Waals surface area contributed by atoms with Gasteiger partial charge in [-0.05, 0) is 17.7 Å². The van der Waals surface area contributed by atoms with E-state index in [2.05, 4.69) is 5.32 Å². The van der Waals surface area contributed by atoms with Crippen LogP contribution in [0.5, 0.6) is 5.75 Å². The first-order valence-electron chi connectivity index (χ1n) is 5.75. The van der Waals surface area contributed by atoms with Crippen LogP contribution in [0.25, 0.3) is 0 Å². The van der Waals surface area contributed by atoms with E-state index in [4.69, 9.17) is 4.74 Å². The van der Waals surface area contributed by atoms with Crippen LogP contribution in [-0.4, -0.2) is 30.6 Å². The standard InChI is InChI=1S/C13H15NO4/c1-18-9-4-2-3-8(5-9)11-7-14-12(15)6-10(11)13(16)17/h2-5,10-11H,6-7H2,1H3,(H,14,15)(H,16,17). The van der Waals surface area contributed by atoms with Crippen molar-refractivity contribution in [1.29, 1.82) is 0 Å². The summed E-state index contributed by atoms with van der Waals surface area (Å²) in [4.78, 5) is 22.5. The van der Waals surface area contributed by atoms with E-state index in [0.29, 0.717) is 12.3 Å². The number of hydrogen-bond donors (Lipinski definition) is 2. The molecule has 0 aromatic heterocycles. The molecule has 1 aromatic carbocycles. The zero-order valence-electron chi connectivity index (χ0n) is 10.1. The van der Waals surface area contributed by atoms with Gasteiger partial charge in [-0.15, -0.1) is 0 Å². The number of rotatable bonds is 3. The van der Waals surface area contributed by atoms with Gasteiger partial charge >= 0.3 is 5.97 Å². The number of aliphatic carboxylic acids is 1. The molecule has 0 bridgehead atoms. The number of benzene rings is 1. The first-order chi connectivity index (χ1) is 8.61. The third kappa shape index (κ3) is 2.45. The van der Waals surface area contributed by atoms with Gasteiger partial charge in [0, 0.05) is 18.9 Å². The van der Waals surface area contributed by atoms with Gasteiger partial charge in [-0.3, -0.25) is 9.59 Å². The second-order valence-electron chi connectivity index (χ2n) is 4.34. The molecule has 5 nitrogen and oxygen atoms in total. The third-order valence-corrected chi connectivity index (χ3v) is 3.25. The number of carbonyl (C=O) groups excluding carboxylic acids is 1. The Hall–Kier alpha value is -2.04. The average Bonchev–Trinajstić information content (AvgIpc) is 2.38. The highest BCUT2D eigenvalue weighted by Crippen LogP contribution is 2.31. The van der Waals surface area contributed by atoms with E-state index in [1.807, 2.05) is 18.2 Å². The summed E-state index contributed by atoms with van der Waals surface area (Å²) < 4.78 is 5.13. The van der Waals surface area contributed by atoms with E-state index < -0.39 is 11.9 Å². The van der Waals surface area contributed by atoms with Crippen LogP contribution >= 0.6 is 0 Å². The number of nitrogens with one attached hydrogen (secondary N) is 1. The molecule has 2 rings (SSSR count). The van der Waals surface area contributed by atoms with E-state index in [1.165, 1.54) is 0 Å². The maximum absolute atomic E-state index is 11.3. The van der Waals surface area contributed by atoms with Gasteiger partial charge < -0.3 is 15.2 Å². The number of carbonyl (C=O) groups is 2.